The smallest absolute Gasteiger partial charge is 0.404 e. The van der Waals surface area contributed by atoms with E-state index in [0.29, 0.717) is 6.54 Å². The lowest BCUT2D eigenvalue weighted by Crippen LogP contribution is -2.23. The first kappa shape index (κ1) is 10.9. The molecule has 0 saturated heterocycles. The Kier molecular flexibility index (Phi) is 4.32. The summed E-state index contributed by atoms with van der Waals surface area (Å²) < 4.78 is 0. The van der Waals surface area contributed by atoms with Crippen LogP contribution in [0.25, 0.3) is 0 Å². The maximum absolute atomic E-state index is 10.2. The molecule has 0 radical (unpaired) electrons. The van der Waals surface area contributed by atoms with Crippen LogP contribution in [0.15, 0.2) is 29.2 Å². The SMILES string of the molecule is CSc1ccccc1CCNC(=O)O. The van der Waals surface area contributed by atoms with Gasteiger partial charge in [-0.2, -0.15) is 0 Å². The van der Waals surface area contributed by atoms with Crippen LogP contribution >= 0.6 is 11.8 Å². The largest absolute Gasteiger partial charge is 0.465 e. The molecule has 0 atom stereocenters. The first-order valence-corrected chi connectivity index (χ1v) is 5.55. The van der Waals surface area contributed by atoms with E-state index in [4.69, 9.17) is 5.11 Å². The van der Waals surface area contributed by atoms with E-state index in [1.54, 1.807) is 11.8 Å². The summed E-state index contributed by atoms with van der Waals surface area (Å²) in [5, 5.41) is 10.8. The predicted molar refractivity (Wildman–Crippen MR) is 58.0 cm³/mol. The number of amides is 1. The number of nitrogens with one attached hydrogen (secondary N) is 1. The van der Waals surface area contributed by atoms with Gasteiger partial charge in [0.1, 0.15) is 0 Å². The molecule has 0 aliphatic carbocycles. The van der Waals surface area contributed by atoms with Gasteiger partial charge in [-0.1, -0.05) is 18.2 Å². The Balaban J connectivity index is 2.53. The van der Waals surface area contributed by atoms with Crippen LogP contribution in [-0.2, 0) is 6.42 Å². The third kappa shape index (κ3) is 3.30. The van der Waals surface area contributed by atoms with Crippen molar-refractivity contribution in [2.24, 2.45) is 0 Å². The lowest BCUT2D eigenvalue weighted by molar-refractivity contribution is 0.194. The third-order valence-electron chi connectivity index (χ3n) is 1.86. The summed E-state index contributed by atoms with van der Waals surface area (Å²) >= 11 is 1.68. The highest BCUT2D eigenvalue weighted by Crippen LogP contribution is 2.19. The van der Waals surface area contributed by atoms with Crippen LogP contribution in [0.1, 0.15) is 5.56 Å². The van der Waals surface area contributed by atoms with E-state index in [1.807, 2.05) is 30.5 Å². The quantitative estimate of drug-likeness (QED) is 0.751. The van der Waals surface area contributed by atoms with Crippen LogP contribution in [-0.4, -0.2) is 24.0 Å². The standard InChI is InChI=1S/C10H13NO2S/c1-14-9-5-3-2-4-8(9)6-7-11-10(12)13/h2-5,11H,6-7H2,1H3,(H,12,13). The average molecular weight is 211 g/mol. The van der Waals surface area contributed by atoms with Crippen molar-refractivity contribution < 1.29 is 9.90 Å². The average Bonchev–Trinajstić information content (AvgIpc) is 2.18. The van der Waals surface area contributed by atoms with E-state index in [9.17, 15) is 4.79 Å². The van der Waals surface area contributed by atoms with E-state index in [2.05, 4.69) is 5.32 Å². The third-order valence-corrected chi connectivity index (χ3v) is 2.70. The van der Waals surface area contributed by atoms with E-state index in [1.165, 1.54) is 10.5 Å². The first-order valence-electron chi connectivity index (χ1n) is 4.32. The van der Waals surface area contributed by atoms with Gasteiger partial charge in [-0.25, -0.2) is 4.79 Å². The van der Waals surface area contributed by atoms with Gasteiger partial charge < -0.3 is 10.4 Å². The number of hydrogen-bond acceptors (Lipinski definition) is 2. The molecular formula is C10H13NO2S. The van der Waals surface area contributed by atoms with Crippen molar-refractivity contribution in [1.29, 1.82) is 0 Å². The molecule has 0 bridgehead atoms. The highest BCUT2D eigenvalue weighted by atomic mass is 32.2. The summed E-state index contributed by atoms with van der Waals surface area (Å²) in [5.74, 6) is 0. The van der Waals surface area contributed by atoms with Crippen molar-refractivity contribution in [3.05, 3.63) is 29.8 Å². The van der Waals surface area contributed by atoms with Crippen LogP contribution in [0.2, 0.25) is 0 Å². The Bertz CT molecular complexity index is 315. The zero-order valence-corrected chi connectivity index (χ0v) is 8.80. The van der Waals surface area contributed by atoms with Crippen molar-refractivity contribution in [2.75, 3.05) is 12.8 Å². The fourth-order valence-electron chi connectivity index (χ4n) is 1.21. The van der Waals surface area contributed by atoms with Crippen LogP contribution in [0.3, 0.4) is 0 Å². The van der Waals surface area contributed by atoms with Crippen LogP contribution in [0, 0.1) is 0 Å². The van der Waals surface area contributed by atoms with Crippen molar-refractivity contribution in [2.45, 2.75) is 11.3 Å². The Morgan fingerprint density at radius 2 is 2.21 bits per heavy atom. The summed E-state index contributed by atoms with van der Waals surface area (Å²) in [6, 6.07) is 8.02. The Morgan fingerprint density at radius 3 is 2.86 bits per heavy atom. The van der Waals surface area contributed by atoms with Crippen molar-refractivity contribution in [1.82, 2.24) is 5.32 Å². The molecule has 1 aromatic rings. The number of rotatable bonds is 4. The molecule has 0 aromatic heterocycles. The molecule has 76 valence electrons. The second-order valence-electron chi connectivity index (χ2n) is 2.79. The molecule has 14 heavy (non-hydrogen) atoms. The fourth-order valence-corrected chi connectivity index (χ4v) is 1.86. The van der Waals surface area contributed by atoms with Crippen LogP contribution < -0.4 is 5.32 Å². The Labute approximate surface area is 87.5 Å². The highest BCUT2D eigenvalue weighted by Gasteiger charge is 2.00. The minimum absolute atomic E-state index is 0.465. The molecule has 0 fully saturated rings. The predicted octanol–water partition coefficient (Wildman–Crippen LogP) is 2.22. The zero-order chi connectivity index (χ0) is 10.4. The molecule has 1 amide bonds. The van der Waals surface area contributed by atoms with E-state index in [-0.39, 0.29) is 0 Å². The molecule has 3 nitrogen and oxygen atoms in total. The maximum Gasteiger partial charge on any atom is 0.404 e. The lowest BCUT2D eigenvalue weighted by Gasteiger charge is -2.06. The van der Waals surface area contributed by atoms with Gasteiger partial charge in [0.05, 0.1) is 0 Å². The second kappa shape index (κ2) is 5.54. The highest BCUT2D eigenvalue weighted by molar-refractivity contribution is 7.98. The fraction of sp³-hybridized carbons (Fsp3) is 0.300. The zero-order valence-electron chi connectivity index (χ0n) is 7.99. The molecule has 2 N–H and O–H groups in total. The van der Waals surface area contributed by atoms with Crippen molar-refractivity contribution >= 4 is 17.9 Å². The number of carbonyl (C=O) groups is 1. The van der Waals surface area contributed by atoms with Gasteiger partial charge in [-0.15, -0.1) is 11.8 Å². The summed E-state index contributed by atoms with van der Waals surface area (Å²) in [7, 11) is 0. The number of hydrogen-bond donors (Lipinski definition) is 2. The molecule has 0 unspecified atom stereocenters. The van der Waals surface area contributed by atoms with Gasteiger partial charge >= 0.3 is 6.09 Å². The van der Waals surface area contributed by atoms with E-state index in [0.717, 1.165) is 6.42 Å². The topological polar surface area (TPSA) is 49.3 Å². The molecule has 1 rings (SSSR count). The molecule has 0 spiro atoms. The molecule has 0 heterocycles. The molecule has 0 aliphatic heterocycles. The summed E-state index contributed by atoms with van der Waals surface area (Å²) in [6.45, 7) is 0.465. The Morgan fingerprint density at radius 1 is 1.50 bits per heavy atom. The normalized spacial score (nSPS) is 9.79. The monoisotopic (exact) mass is 211 g/mol. The summed E-state index contributed by atoms with van der Waals surface area (Å²) in [5.41, 5.74) is 1.19. The minimum Gasteiger partial charge on any atom is -0.465 e. The summed E-state index contributed by atoms with van der Waals surface area (Å²) in [4.78, 5) is 11.4. The number of benzene rings is 1. The van der Waals surface area contributed by atoms with Gasteiger partial charge in [0.25, 0.3) is 0 Å². The van der Waals surface area contributed by atoms with Crippen molar-refractivity contribution in [3.63, 3.8) is 0 Å². The van der Waals surface area contributed by atoms with Crippen LogP contribution in [0.4, 0.5) is 4.79 Å². The molecular weight excluding hydrogens is 198 g/mol. The van der Waals surface area contributed by atoms with E-state index >= 15 is 0 Å². The molecule has 0 saturated carbocycles. The molecule has 4 heteroatoms. The summed E-state index contributed by atoms with van der Waals surface area (Å²) in [6.07, 6.45) is 1.79. The number of carboxylic acid groups (broad SMARTS) is 1. The van der Waals surface area contributed by atoms with Crippen LogP contribution in [0.5, 0.6) is 0 Å². The molecule has 0 aliphatic rings. The lowest BCUT2D eigenvalue weighted by atomic mass is 10.1. The molecule has 1 aromatic carbocycles. The first-order chi connectivity index (χ1) is 6.74. The van der Waals surface area contributed by atoms with Crippen molar-refractivity contribution in [3.8, 4) is 0 Å². The van der Waals surface area contributed by atoms with Gasteiger partial charge in [0, 0.05) is 11.4 Å². The maximum atomic E-state index is 10.2. The number of thioether (sulfide) groups is 1. The van der Waals surface area contributed by atoms with E-state index < -0.39 is 6.09 Å². The van der Waals surface area contributed by atoms with Gasteiger partial charge in [0.15, 0.2) is 0 Å². The Hall–Kier alpha value is -1.16. The van der Waals surface area contributed by atoms with Gasteiger partial charge in [-0.05, 0) is 24.3 Å². The van der Waals surface area contributed by atoms with Gasteiger partial charge in [-0.3, -0.25) is 0 Å². The van der Waals surface area contributed by atoms with Gasteiger partial charge in [0.2, 0.25) is 0 Å². The minimum atomic E-state index is -0.966. The second-order valence-corrected chi connectivity index (χ2v) is 3.64.